The molecule has 0 bridgehead atoms. The summed E-state index contributed by atoms with van der Waals surface area (Å²) in [7, 11) is 0. The maximum absolute atomic E-state index is 4.98. The zero-order chi connectivity index (χ0) is 25.8. The fourth-order valence-electron chi connectivity index (χ4n) is 5.76. The number of rotatable bonds is 3. The number of aromatic nitrogens is 1. The van der Waals surface area contributed by atoms with E-state index in [-0.39, 0.29) is 0 Å². The molecule has 0 aliphatic rings. The van der Waals surface area contributed by atoms with Gasteiger partial charge in [-0.15, -0.1) is 11.3 Å². The summed E-state index contributed by atoms with van der Waals surface area (Å²) in [5.41, 5.74) is 7.19. The Bertz CT molecular complexity index is 2170. The molecule has 0 saturated carbocycles. The van der Waals surface area contributed by atoms with Crippen molar-refractivity contribution in [1.82, 2.24) is 4.98 Å². The highest BCUT2D eigenvalue weighted by molar-refractivity contribution is 7.22. The number of nitrogens with zero attached hydrogens (tertiary/aromatic N) is 1. The zero-order valence-corrected chi connectivity index (χ0v) is 22.0. The van der Waals surface area contributed by atoms with Gasteiger partial charge in [0.2, 0.25) is 0 Å². The van der Waals surface area contributed by atoms with Crippen molar-refractivity contribution in [3.05, 3.63) is 140 Å². The highest BCUT2D eigenvalue weighted by Crippen LogP contribution is 2.39. The second kappa shape index (κ2) is 8.90. The maximum atomic E-state index is 4.98. The van der Waals surface area contributed by atoms with Crippen molar-refractivity contribution in [1.29, 1.82) is 0 Å². The van der Waals surface area contributed by atoms with Crippen molar-refractivity contribution in [2.75, 3.05) is 0 Å². The Morgan fingerprint density at radius 1 is 0.436 bits per heavy atom. The second-order valence-electron chi connectivity index (χ2n) is 10.0. The van der Waals surface area contributed by atoms with E-state index in [1.54, 1.807) is 11.3 Å². The van der Waals surface area contributed by atoms with Crippen LogP contribution < -0.4 is 0 Å². The molecule has 0 amide bonds. The summed E-state index contributed by atoms with van der Waals surface area (Å²) in [5, 5.41) is 8.68. The lowest BCUT2D eigenvalue weighted by atomic mass is 9.93. The Balaban J connectivity index is 1.27. The van der Waals surface area contributed by atoms with Crippen LogP contribution in [-0.2, 0) is 0 Å². The Morgan fingerprint density at radius 2 is 1.15 bits per heavy atom. The summed E-state index contributed by atoms with van der Waals surface area (Å²) in [6, 6.07) is 50.3. The van der Waals surface area contributed by atoms with E-state index < -0.39 is 0 Å². The van der Waals surface area contributed by atoms with Crippen molar-refractivity contribution < 1.29 is 0 Å². The van der Waals surface area contributed by atoms with Crippen LogP contribution >= 0.6 is 11.3 Å². The fraction of sp³-hybridized carbons (Fsp3) is 0. The van der Waals surface area contributed by atoms with Crippen molar-refractivity contribution >= 4 is 53.9 Å². The van der Waals surface area contributed by atoms with Gasteiger partial charge < -0.3 is 0 Å². The number of hydrogen-bond acceptors (Lipinski definition) is 2. The van der Waals surface area contributed by atoms with Crippen LogP contribution in [-0.4, -0.2) is 4.98 Å². The van der Waals surface area contributed by atoms with Gasteiger partial charge in [-0.25, -0.2) is 4.98 Å². The molecule has 0 N–H and O–H groups in total. The summed E-state index contributed by atoms with van der Waals surface area (Å²) in [6.45, 7) is 0. The molecule has 0 aliphatic carbocycles. The molecule has 1 heterocycles. The van der Waals surface area contributed by atoms with E-state index in [2.05, 4.69) is 140 Å². The first kappa shape index (κ1) is 22.2. The molecule has 0 unspecified atom stereocenters. The molecule has 0 radical (unpaired) electrons. The lowest BCUT2D eigenvalue weighted by Crippen LogP contribution is -1.85. The highest BCUT2D eigenvalue weighted by Gasteiger charge is 2.13. The van der Waals surface area contributed by atoms with Crippen LogP contribution in [0.2, 0.25) is 0 Å². The SMILES string of the molecule is c1ccc(-c2nc3ccc4ccc5cc(-c6cccc(-c7cccc8ccccc78)c6)ccc5c4c3s2)cc1. The predicted molar refractivity (Wildman–Crippen MR) is 168 cm³/mol. The van der Waals surface area contributed by atoms with E-state index >= 15 is 0 Å². The van der Waals surface area contributed by atoms with Crippen molar-refractivity contribution in [3.8, 4) is 32.8 Å². The smallest absolute Gasteiger partial charge is 0.124 e. The van der Waals surface area contributed by atoms with Crippen molar-refractivity contribution in [3.63, 3.8) is 0 Å². The minimum absolute atomic E-state index is 1.06. The first-order valence-electron chi connectivity index (χ1n) is 13.2. The molecule has 39 heavy (non-hydrogen) atoms. The third-order valence-electron chi connectivity index (χ3n) is 7.67. The Labute approximate surface area is 230 Å². The molecule has 0 fully saturated rings. The van der Waals surface area contributed by atoms with Crippen LogP contribution in [0.5, 0.6) is 0 Å². The average Bonchev–Trinajstić information content (AvgIpc) is 3.46. The maximum Gasteiger partial charge on any atom is 0.124 e. The standard InChI is InChI=1S/C37H23NS/c1-2-9-26(10-3-1)37-38-34-21-19-25-16-17-30-23-28(18-20-33(30)35(25)36(34)39-37)27-12-6-13-29(22-27)32-15-7-11-24-8-4-5-14-31(24)32/h1-23H. The van der Waals surface area contributed by atoms with Gasteiger partial charge in [-0.05, 0) is 67.4 Å². The first-order chi connectivity index (χ1) is 19.3. The normalized spacial score (nSPS) is 11.6. The molecular weight excluding hydrogens is 490 g/mol. The lowest BCUT2D eigenvalue weighted by Gasteiger charge is -2.11. The van der Waals surface area contributed by atoms with Crippen LogP contribution in [0.1, 0.15) is 0 Å². The number of thiazole rings is 1. The van der Waals surface area contributed by atoms with Gasteiger partial charge in [-0.3, -0.25) is 0 Å². The molecule has 1 nitrogen and oxygen atoms in total. The minimum Gasteiger partial charge on any atom is -0.236 e. The lowest BCUT2D eigenvalue weighted by molar-refractivity contribution is 1.48. The minimum atomic E-state index is 1.06. The molecule has 0 aliphatic heterocycles. The van der Waals surface area contributed by atoms with Gasteiger partial charge in [-0.2, -0.15) is 0 Å². The van der Waals surface area contributed by atoms with E-state index in [1.807, 2.05) is 0 Å². The van der Waals surface area contributed by atoms with E-state index in [0.29, 0.717) is 0 Å². The largest absolute Gasteiger partial charge is 0.236 e. The van der Waals surface area contributed by atoms with Gasteiger partial charge in [0, 0.05) is 10.9 Å². The number of hydrogen-bond donors (Lipinski definition) is 0. The van der Waals surface area contributed by atoms with Crippen LogP contribution in [0.15, 0.2) is 140 Å². The number of benzene rings is 7. The first-order valence-corrected chi connectivity index (χ1v) is 14.0. The third-order valence-corrected chi connectivity index (χ3v) is 8.81. The fourth-order valence-corrected chi connectivity index (χ4v) is 6.90. The molecule has 8 rings (SSSR count). The molecular formula is C37H23NS. The quantitative estimate of drug-likeness (QED) is 0.214. The third kappa shape index (κ3) is 3.72. The Kier molecular flexibility index (Phi) is 5.07. The molecule has 7 aromatic carbocycles. The Morgan fingerprint density at radius 3 is 2.10 bits per heavy atom. The van der Waals surface area contributed by atoms with Gasteiger partial charge in [0.25, 0.3) is 0 Å². The van der Waals surface area contributed by atoms with Crippen LogP contribution in [0, 0.1) is 0 Å². The van der Waals surface area contributed by atoms with Gasteiger partial charge >= 0.3 is 0 Å². The molecule has 8 aromatic rings. The number of fused-ring (bicyclic) bond motifs is 6. The van der Waals surface area contributed by atoms with Gasteiger partial charge in [-0.1, -0.05) is 121 Å². The monoisotopic (exact) mass is 513 g/mol. The van der Waals surface area contributed by atoms with Crippen LogP contribution in [0.25, 0.3) is 75.4 Å². The topological polar surface area (TPSA) is 12.9 Å². The zero-order valence-electron chi connectivity index (χ0n) is 21.1. The van der Waals surface area contributed by atoms with E-state index in [1.165, 1.54) is 64.8 Å². The van der Waals surface area contributed by atoms with Crippen LogP contribution in [0.4, 0.5) is 0 Å². The van der Waals surface area contributed by atoms with Crippen molar-refractivity contribution in [2.24, 2.45) is 0 Å². The average molecular weight is 514 g/mol. The van der Waals surface area contributed by atoms with Crippen molar-refractivity contribution in [2.45, 2.75) is 0 Å². The molecule has 0 atom stereocenters. The summed E-state index contributed by atoms with van der Waals surface area (Å²) in [6.07, 6.45) is 0. The highest BCUT2D eigenvalue weighted by atomic mass is 32.1. The van der Waals surface area contributed by atoms with Gasteiger partial charge in [0.15, 0.2) is 0 Å². The van der Waals surface area contributed by atoms with Gasteiger partial charge in [0.1, 0.15) is 5.01 Å². The van der Waals surface area contributed by atoms with E-state index in [4.69, 9.17) is 4.98 Å². The summed E-state index contributed by atoms with van der Waals surface area (Å²) < 4.78 is 1.25. The molecule has 1 aromatic heterocycles. The van der Waals surface area contributed by atoms with E-state index in [0.717, 1.165) is 10.5 Å². The Hall–Kier alpha value is -4.79. The summed E-state index contributed by atoms with van der Waals surface area (Å²) >= 11 is 1.78. The van der Waals surface area contributed by atoms with E-state index in [9.17, 15) is 0 Å². The van der Waals surface area contributed by atoms with Gasteiger partial charge in [0.05, 0.1) is 10.2 Å². The summed E-state index contributed by atoms with van der Waals surface area (Å²) in [5.74, 6) is 0. The molecule has 0 saturated heterocycles. The molecule has 182 valence electrons. The predicted octanol–water partition coefficient (Wildman–Crippen LogP) is 10.8. The summed E-state index contributed by atoms with van der Waals surface area (Å²) in [4.78, 5) is 4.98. The van der Waals surface area contributed by atoms with Crippen LogP contribution in [0.3, 0.4) is 0 Å². The molecule has 2 heteroatoms. The molecule has 0 spiro atoms. The second-order valence-corrected chi connectivity index (χ2v) is 11.0.